The van der Waals surface area contributed by atoms with Crippen LogP contribution in [0.1, 0.15) is 52.9 Å². The van der Waals surface area contributed by atoms with Crippen LogP contribution < -0.4 is 10.6 Å². The van der Waals surface area contributed by atoms with Crippen molar-refractivity contribution in [1.29, 1.82) is 0 Å². The van der Waals surface area contributed by atoms with Crippen LogP contribution in [0.2, 0.25) is 0 Å². The van der Waals surface area contributed by atoms with Crippen molar-refractivity contribution in [2.75, 3.05) is 32.8 Å². The van der Waals surface area contributed by atoms with Gasteiger partial charge in [-0.05, 0) is 38.5 Å². The molecule has 0 spiro atoms. The molecule has 1 rings (SSSR count). The molecular formula is C15H32IN3O. The zero-order chi connectivity index (χ0) is 14.0. The third-order valence-electron chi connectivity index (χ3n) is 3.74. The molecule has 0 bridgehead atoms. The van der Waals surface area contributed by atoms with Crippen molar-refractivity contribution >= 4 is 29.9 Å². The number of aliphatic imine (C=N–C) groups is 1. The van der Waals surface area contributed by atoms with Gasteiger partial charge >= 0.3 is 0 Å². The Hall–Kier alpha value is -0.0400. The third kappa shape index (κ3) is 8.29. The SMILES string of the molecule is CCNC(=NCC1(C)CCCC1)NCCCOCC.I. The Labute approximate surface area is 141 Å². The molecule has 4 nitrogen and oxygen atoms in total. The first-order chi connectivity index (χ1) is 9.20. The van der Waals surface area contributed by atoms with E-state index in [1.54, 1.807) is 0 Å². The van der Waals surface area contributed by atoms with Crippen molar-refractivity contribution in [3.8, 4) is 0 Å². The minimum absolute atomic E-state index is 0. The maximum atomic E-state index is 5.33. The maximum Gasteiger partial charge on any atom is 0.191 e. The molecule has 0 amide bonds. The zero-order valence-corrected chi connectivity index (χ0v) is 15.7. The van der Waals surface area contributed by atoms with Crippen molar-refractivity contribution < 1.29 is 4.74 Å². The fraction of sp³-hybridized carbons (Fsp3) is 0.933. The van der Waals surface area contributed by atoms with E-state index >= 15 is 0 Å². The van der Waals surface area contributed by atoms with Gasteiger partial charge in [-0.2, -0.15) is 0 Å². The number of hydrogen-bond donors (Lipinski definition) is 2. The van der Waals surface area contributed by atoms with Gasteiger partial charge in [0.1, 0.15) is 0 Å². The molecule has 0 aromatic heterocycles. The van der Waals surface area contributed by atoms with Gasteiger partial charge in [0.25, 0.3) is 0 Å². The summed E-state index contributed by atoms with van der Waals surface area (Å²) in [5.41, 5.74) is 0.424. The summed E-state index contributed by atoms with van der Waals surface area (Å²) in [6.07, 6.45) is 6.39. The summed E-state index contributed by atoms with van der Waals surface area (Å²) in [5.74, 6) is 0.951. The van der Waals surface area contributed by atoms with E-state index in [4.69, 9.17) is 9.73 Å². The van der Waals surface area contributed by atoms with Crippen LogP contribution in [0.4, 0.5) is 0 Å². The topological polar surface area (TPSA) is 45.7 Å². The maximum absolute atomic E-state index is 5.33. The molecule has 0 unspecified atom stereocenters. The lowest BCUT2D eigenvalue weighted by Crippen LogP contribution is -2.38. The number of guanidine groups is 1. The molecule has 2 N–H and O–H groups in total. The van der Waals surface area contributed by atoms with Gasteiger partial charge in [0.15, 0.2) is 5.96 Å². The van der Waals surface area contributed by atoms with Gasteiger partial charge in [-0.3, -0.25) is 4.99 Å². The Bertz CT molecular complexity index is 266. The Morgan fingerprint density at radius 1 is 1.20 bits per heavy atom. The number of rotatable bonds is 8. The predicted molar refractivity (Wildman–Crippen MR) is 97.1 cm³/mol. The van der Waals surface area contributed by atoms with Crippen LogP contribution in [0.25, 0.3) is 0 Å². The number of ether oxygens (including phenoxy) is 1. The Morgan fingerprint density at radius 3 is 2.50 bits per heavy atom. The van der Waals surface area contributed by atoms with Gasteiger partial charge < -0.3 is 15.4 Å². The largest absolute Gasteiger partial charge is 0.382 e. The van der Waals surface area contributed by atoms with Gasteiger partial charge in [-0.15, -0.1) is 24.0 Å². The van der Waals surface area contributed by atoms with Gasteiger partial charge in [-0.1, -0.05) is 19.8 Å². The molecule has 0 aromatic carbocycles. The van der Waals surface area contributed by atoms with Crippen LogP contribution in [0.5, 0.6) is 0 Å². The van der Waals surface area contributed by atoms with Crippen molar-refractivity contribution in [2.24, 2.45) is 10.4 Å². The third-order valence-corrected chi connectivity index (χ3v) is 3.74. The lowest BCUT2D eigenvalue weighted by Gasteiger charge is -2.21. The summed E-state index contributed by atoms with van der Waals surface area (Å²) in [6, 6.07) is 0. The molecule has 0 heterocycles. The molecule has 0 saturated heterocycles. The second-order valence-corrected chi connectivity index (χ2v) is 5.69. The summed E-state index contributed by atoms with van der Waals surface area (Å²) in [5, 5.41) is 6.69. The molecule has 1 aliphatic carbocycles. The summed E-state index contributed by atoms with van der Waals surface area (Å²) < 4.78 is 5.33. The highest BCUT2D eigenvalue weighted by atomic mass is 127. The molecule has 0 aromatic rings. The first-order valence-electron chi connectivity index (χ1n) is 7.80. The second kappa shape index (κ2) is 11.6. The van der Waals surface area contributed by atoms with E-state index in [0.29, 0.717) is 5.41 Å². The highest BCUT2D eigenvalue weighted by Gasteiger charge is 2.28. The van der Waals surface area contributed by atoms with E-state index in [9.17, 15) is 0 Å². The van der Waals surface area contributed by atoms with Crippen molar-refractivity contribution in [3.05, 3.63) is 0 Å². The molecule has 1 aliphatic rings. The van der Waals surface area contributed by atoms with Crippen LogP contribution in [0.3, 0.4) is 0 Å². The lowest BCUT2D eigenvalue weighted by molar-refractivity contribution is 0.145. The Kier molecular flexibility index (Phi) is 11.6. The number of halogens is 1. The summed E-state index contributed by atoms with van der Waals surface area (Å²) >= 11 is 0. The van der Waals surface area contributed by atoms with E-state index in [0.717, 1.165) is 45.2 Å². The fourth-order valence-corrected chi connectivity index (χ4v) is 2.52. The first-order valence-corrected chi connectivity index (χ1v) is 7.80. The summed E-state index contributed by atoms with van der Waals surface area (Å²) in [4.78, 5) is 4.74. The van der Waals surface area contributed by atoms with Crippen LogP contribution >= 0.6 is 24.0 Å². The monoisotopic (exact) mass is 397 g/mol. The van der Waals surface area contributed by atoms with Gasteiger partial charge in [0.05, 0.1) is 0 Å². The standard InChI is InChI=1S/C15H31N3O.HI/c1-4-16-14(17-11-8-12-19-5-2)18-13-15(3)9-6-7-10-15;/h4-13H2,1-3H3,(H2,16,17,18);1H. The quantitative estimate of drug-likeness (QED) is 0.286. The minimum Gasteiger partial charge on any atom is -0.382 e. The van der Waals surface area contributed by atoms with E-state index in [2.05, 4.69) is 24.5 Å². The second-order valence-electron chi connectivity index (χ2n) is 5.69. The smallest absolute Gasteiger partial charge is 0.191 e. The number of nitrogens with zero attached hydrogens (tertiary/aromatic N) is 1. The van der Waals surface area contributed by atoms with E-state index < -0.39 is 0 Å². The van der Waals surface area contributed by atoms with Crippen LogP contribution in [0.15, 0.2) is 4.99 Å². The Balaban J connectivity index is 0.00000361. The molecule has 1 fully saturated rings. The summed E-state index contributed by atoms with van der Waals surface area (Å²) in [6.45, 7) is 10.9. The zero-order valence-electron chi connectivity index (χ0n) is 13.3. The first kappa shape index (κ1) is 20.0. The van der Waals surface area contributed by atoms with Crippen LogP contribution in [-0.2, 0) is 4.74 Å². The van der Waals surface area contributed by atoms with Crippen molar-refractivity contribution in [3.63, 3.8) is 0 Å². The molecule has 0 radical (unpaired) electrons. The molecular weight excluding hydrogens is 365 g/mol. The molecule has 5 heteroatoms. The van der Waals surface area contributed by atoms with Gasteiger partial charge in [0, 0.05) is 32.8 Å². The highest BCUT2D eigenvalue weighted by molar-refractivity contribution is 14.0. The van der Waals surface area contributed by atoms with Crippen LogP contribution in [0, 0.1) is 5.41 Å². The molecule has 0 aliphatic heterocycles. The minimum atomic E-state index is 0. The molecule has 120 valence electrons. The predicted octanol–water partition coefficient (Wildman–Crippen LogP) is 3.17. The number of nitrogens with one attached hydrogen (secondary N) is 2. The van der Waals surface area contributed by atoms with Crippen LogP contribution in [-0.4, -0.2) is 38.8 Å². The average Bonchev–Trinajstić information content (AvgIpc) is 2.83. The van der Waals surface area contributed by atoms with Gasteiger partial charge in [-0.25, -0.2) is 0 Å². The summed E-state index contributed by atoms with van der Waals surface area (Å²) in [7, 11) is 0. The highest BCUT2D eigenvalue weighted by Crippen LogP contribution is 2.37. The van der Waals surface area contributed by atoms with Crippen molar-refractivity contribution in [1.82, 2.24) is 10.6 Å². The van der Waals surface area contributed by atoms with E-state index in [1.165, 1.54) is 25.7 Å². The lowest BCUT2D eigenvalue weighted by atomic mass is 9.89. The average molecular weight is 397 g/mol. The molecule has 0 atom stereocenters. The normalized spacial score (nSPS) is 17.6. The van der Waals surface area contributed by atoms with Crippen molar-refractivity contribution in [2.45, 2.75) is 52.9 Å². The van der Waals surface area contributed by atoms with E-state index in [1.807, 2.05) is 6.92 Å². The Morgan fingerprint density at radius 2 is 1.90 bits per heavy atom. The fourth-order valence-electron chi connectivity index (χ4n) is 2.52. The number of hydrogen-bond acceptors (Lipinski definition) is 2. The van der Waals surface area contributed by atoms with E-state index in [-0.39, 0.29) is 24.0 Å². The molecule has 20 heavy (non-hydrogen) atoms. The molecule has 1 saturated carbocycles. The van der Waals surface area contributed by atoms with Gasteiger partial charge in [0.2, 0.25) is 0 Å².